The number of carbonyl (C=O) groups is 3. The third-order valence-corrected chi connectivity index (χ3v) is 9.05. The topological polar surface area (TPSA) is 101 Å². The van der Waals surface area contributed by atoms with Crippen LogP contribution in [0.3, 0.4) is 0 Å². The Hall–Kier alpha value is -2.09. The van der Waals surface area contributed by atoms with Crippen LogP contribution in [0.5, 0.6) is 0 Å². The number of carbonyl (C=O) groups excluding carboxylic acids is 2. The van der Waals surface area contributed by atoms with Gasteiger partial charge in [-0.25, -0.2) is 13.6 Å². The molecule has 8 heteroatoms. The molecule has 0 radical (unpaired) electrons. The van der Waals surface area contributed by atoms with Gasteiger partial charge in [0.2, 0.25) is 5.60 Å². The molecule has 0 aromatic heterocycles. The lowest BCUT2D eigenvalue weighted by molar-refractivity contribution is -0.237. The van der Waals surface area contributed by atoms with Crippen LogP contribution in [0.2, 0.25) is 0 Å². The Kier molecular flexibility index (Phi) is 5.02. The second-order valence-electron chi connectivity index (χ2n) is 10.4. The zero-order chi connectivity index (χ0) is 23.9. The number of aliphatic hydroxyl groups is 1. The minimum absolute atomic E-state index is 0.0133. The summed E-state index contributed by atoms with van der Waals surface area (Å²) < 4.78 is 38.1. The molecule has 0 aromatic rings. The number of allylic oxidation sites excluding steroid dienone is 4. The molecule has 0 aromatic carbocycles. The molecule has 0 amide bonds. The van der Waals surface area contributed by atoms with E-state index in [1.54, 1.807) is 20.8 Å². The van der Waals surface area contributed by atoms with Crippen LogP contribution >= 0.6 is 0 Å². The standard InChI is InChI=1S/C24H30F2O6/c1-5-19(29)32-24(20(30)31)12(2)8-14-15-10-17(25)16-9-13(27)6-7-21(16,3)23(15,26)18(28)11-22(14,24)4/h6-7,9,12,14-15,17-18,28H,5,8,10-11H2,1-4H3,(H,30,31)/t12-,14-,15-,17-,18-,21-,22-,23-,24-/m0/s1. The molecular weight excluding hydrogens is 422 g/mol. The van der Waals surface area contributed by atoms with E-state index in [0.29, 0.717) is 0 Å². The first-order valence-electron chi connectivity index (χ1n) is 11.2. The normalized spacial score (nSPS) is 49.5. The fraction of sp³-hybridized carbons (Fsp3) is 0.708. The van der Waals surface area contributed by atoms with Gasteiger partial charge in [-0.15, -0.1) is 0 Å². The largest absolute Gasteiger partial charge is 0.478 e. The van der Waals surface area contributed by atoms with Crippen LogP contribution < -0.4 is 0 Å². The molecule has 2 N–H and O–H groups in total. The van der Waals surface area contributed by atoms with Gasteiger partial charge in [0.1, 0.15) is 6.17 Å². The van der Waals surface area contributed by atoms with Gasteiger partial charge in [-0.3, -0.25) is 9.59 Å². The van der Waals surface area contributed by atoms with E-state index in [0.717, 1.165) is 6.08 Å². The first-order chi connectivity index (χ1) is 14.8. The summed E-state index contributed by atoms with van der Waals surface area (Å²) in [7, 11) is 0. The van der Waals surface area contributed by atoms with Crippen molar-refractivity contribution in [1.82, 2.24) is 0 Å². The molecule has 3 fully saturated rings. The average molecular weight is 452 g/mol. The molecule has 3 saturated carbocycles. The van der Waals surface area contributed by atoms with E-state index in [2.05, 4.69) is 0 Å². The van der Waals surface area contributed by atoms with Crippen LogP contribution in [0.15, 0.2) is 23.8 Å². The van der Waals surface area contributed by atoms with Gasteiger partial charge in [-0.05, 0) is 49.8 Å². The van der Waals surface area contributed by atoms with Crippen molar-refractivity contribution < 1.29 is 38.1 Å². The highest BCUT2D eigenvalue weighted by atomic mass is 19.1. The van der Waals surface area contributed by atoms with Gasteiger partial charge < -0.3 is 14.9 Å². The van der Waals surface area contributed by atoms with E-state index < -0.39 is 69.9 Å². The summed E-state index contributed by atoms with van der Waals surface area (Å²) in [6, 6.07) is 0. The van der Waals surface area contributed by atoms with Crippen molar-refractivity contribution in [2.75, 3.05) is 0 Å². The van der Waals surface area contributed by atoms with E-state index in [1.807, 2.05) is 0 Å². The van der Waals surface area contributed by atoms with Gasteiger partial charge in [0.05, 0.1) is 6.10 Å². The van der Waals surface area contributed by atoms with Crippen molar-refractivity contribution in [1.29, 1.82) is 0 Å². The van der Waals surface area contributed by atoms with Gasteiger partial charge in [0.25, 0.3) is 0 Å². The number of halogens is 2. The molecule has 176 valence electrons. The number of rotatable bonds is 3. The van der Waals surface area contributed by atoms with Crippen LogP contribution in [0.25, 0.3) is 0 Å². The monoisotopic (exact) mass is 452 g/mol. The van der Waals surface area contributed by atoms with E-state index in [1.165, 1.54) is 19.1 Å². The van der Waals surface area contributed by atoms with Crippen molar-refractivity contribution in [3.63, 3.8) is 0 Å². The molecule has 0 bridgehead atoms. The van der Waals surface area contributed by atoms with Crippen molar-refractivity contribution in [3.05, 3.63) is 23.8 Å². The molecule has 0 unspecified atom stereocenters. The summed E-state index contributed by atoms with van der Waals surface area (Å²) in [6.45, 7) is 6.31. The first-order valence-corrected chi connectivity index (χ1v) is 11.2. The predicted molar refractivity (Wildman–Crippen MR) is 110 cm³/mol. The fourth-order valence-electron chi connectivity index (χ4n) is 7.49. The Balaban J connectivity index is 1.87. The van der Waals surface area contributed by atoms with E-state index in [9.17, 15) is 24.6 Å². The molecule has 4 rings (SSSR count). The molecule has 0 spiro atoms. The lowest BCUT2D eigenvalue weighted by Crippen LogP contribution is -2.71. The van der Waals surface area contributed by atoms with Crippen molar-refractivity contribution >= 4 is 17.7 Å². The zero-order valence-electron chi connectivity index (χ0n) is 18.7. The highest BCUT2D eigenvalue weighted by molar-refractivity contribution is 6.01. The second-order valence-corrected chi connectivity index (χ2v) is 10.4. The fourth-order valence-corrected chi connectivity index (χ4v) is 7.49. The van der Waals surface area contributed by atoms with Gasteiger partial charge in [-0.1, -0.05) is 26.8 Å². The number of carboxylic acids is 1. The Morgan fingerprint density at radius 2 is 1.91 bits per heavy atom. The predicted octanol–water partition coefficient (Wildman–Crippen LogP) is 3.33. The van der Waals surface area contributed by atoms with Crippen LogP contribution in [-0.2, 0) is 19.1 Å². The minimum Gasteiger partial charge on any atom is -0.478 e. The third-order valence-electron chi connectivity index (χ3n) is 9.05. The van der Waals surface area contributed by atoms with Gasteiger partial charge in [-0.2, -0.15) is 0 Å². The molecule has 9 atom stereocenters. The Morgan fingerprint density at radius 3 is 2.50 bits per heavy atom. The molecule has 0 aliphatic heterocycles. The number of carboxylic acid groups (broad SMARTS) is 1. The smallest absolute Gasteiger partial charge is 0.349 e. The van der Waals surface area contributed by atoms with Crippen molar-refractivity contribution in [3.8, 4) is 0 Å². The van der Waals surface area contributed by atoms with Gasteiger partial charge in [0, 0.05) is 29.1 Å². The van der Waals surface area contributed by atoms with E-state index >= 15 is 8.78 Å². The summed E-state index contributed by atoms with van der Waals surface area (Å²) in [5.41, 5.74) is -7.07. The first kappa shape index (κ1) is 23.1. The van der Waals surface area contributed by atoms with E-state index in [-0.39, 0.29) is 31.3 Å². The average Bonchev–Trinajstić information content (AvgIpc) is 2.93. The van der Waals surface area contributed by atoms with Crippen molar-refractivity contribution in [2.24, 2.45) is 28.6 Å². The van der Waals surface area contributed by atoms with Crippen molar-refractivity contribution in [2.45, 2.75) is 76.9 Å². The summed E-state index contributed by atoms with van der Waals surface area (Å²) >= 11 is 0. The zero-order valence-corrected chi connectivity index (χ0v) is 18.7. The van der Waals surface area contributed by atoms with Crippen LogP contribution in [-0.4, -0.2) is 51.5 Å². The molecule has 0 saturated heterocycles. The number of aliphatic carboxylic acids is 1. The number of ketones is 1. The Bertz CT molecular complexity index is 945. The number of hydrogen-bond donors (Lipinski definition) is 2. The Labute approximate surface area is 185 Å². The second kappa shape index (κ2) is 6.95. The molecule has 32 heavy (non-hydrogen) atoms. The van der Waals surface area contributed by atoms with Crippen LogP contribution in [0.1, 0.15) is 53.4 Å². The van der Waals surface area contributed by atoms with Gasteiger partial charge >= 0.3 is 11.9 Å². The van der Waals surface area contributed by atoms with Crippen LogP contribution in [0.4, 0.5) is 8.78 Å². The summed E-state index contributed by atoms with van der Waals surface area (Å²) in [6.07, 6.45) is 0.0529. The number of ether oxygens (including phenoxy) is 1. The summed E-state index contributed by atoms with van der Waals surface area (Å²) in [4.78, 5) is 36.7. The number of esters is 1. The number of alkyl halides is 2. The molecule has 6 nitrogen and oxygen atoms in total. The molecular formula is C24H30F2O6. The maximum absolute atomic E-state index is 17.1. The Morgan fingerprint density at radius 1 is 1.25 bits per heavy atom. The van der Waals surface area contributed by atoms with Crippen LogP contribution in [0, 0.1) is 28.6 Å². The third kappa shape index (κ3) is 2.50. The van der Waals surface area contributed by atoms with Gasteiger partial charge in [0.15, 0.2) is 11.5 Å². The highest BCUT2D eigenvalue weighted by Crippen LogP contribution is 2.71. The summed E-state index contributed by atoms with van der Waals surface area (Å²) in [5.74, 6) is -4.78. The molecule has 4 aliphatic rings. The SMILES string of the molecule is CCC(=O)O[C@]1(C(=O)O)[C@@H](C)C[C@H]2[C@@H]3C[C@H](F)C4=CC(=O)C=C[C@]4(C)[C@@]3(F)[C@@H](O)C[C@@]21C. The van der Waals surface area contributed by atoms with E-state index in [4.69, 9.17) is 4.74 Å². The quantitative estimate of drug-likeness (QED) is 0.637. The number of hydrogen-bond acceptors (Lipinski definition) is 5. The number of aliphatic hydroxyl groups excluding tert-OH is 1. The highest BCUT2D eigenvalue weighted by Gasteiger charge is 2.78. The minimum atomic E-state index is -2.30. The molecule has 4 aliphatic carbocycles. The molecule has 0 heterocycles. The maximum Gasteiger partial charge on any atom is 0.349 e. The number of fused-ring (bicyclic) bond motifs is 5. The maximum atomic E-state index is 17.1. The lowest BCUT2D eigenvalue weighted by atomic mass is 9.44. The summed E-state index contributed by atoms with van der Waals surface area (Å²) in [5, 5.41) is 21.5. The lowest BCUT2D eigenvalue weighted by Gasteiger charge is -2.62.